The Bertz CT molecular complexity index is 1120. The zero-order valence-corrected chi connectivity index (χ0v) is 16.0. The highest BCUT2D eigenvalue weighted by Gasteiger charge is 2.19. The van der Waals surface area contributed by atoms with Gasteiger partial charge in [0.15, 0.2) is 5.82 Å². The molecule has 1 aromatic heterocycles. The zero-order valence-electron chi connectivity index (χ0n) is 16.0. The van der Waals surface area contributed by atoms with Gasteiger partial charge < -0.3 is 5.32 Å². The van der Waals surface area contributed by atoms with E-state index in [0.717, 1.165) is 30.0 Å². The number of nitrogens with two attached hydrogens (primary N) is 1. The monoisotopic (exact) mass is 370 g/mol. The van der Waals surface area contributed by atoms with Gasteiger partial charge in [0, 0.05) is 6.42 Å². The van der Waals surface area contributed by atoms with E-state index in [-0.39, 0.29) is 11.6 Å². The predicted molar refractivity (Wildman–Crippen MR) is 113 cm³/mol. The lowest BCUT2D eigenvalue weighted by Gasteiger charge is -2.17. The molecule has 140 valence electrons. The number of hydrogen-bond donors (Lipinski definition) is 1. The Hall–Kier alpha value is -3.24. The van der Waals surface area contributed by atoms with Crippen LogP contribution in [0.1, 0.15) is 24.4 Å². The molecule has 0 amide bonds. The molecule has 0 saturated carbocycles. The molecule has 4 aromatic rings. The minimum Gasteiger partial charge on any atom is -0.337 e. The van der Waals surface area contributed by atoms with E-state index in [0.29, 0.717) is 5.39 Å². The lowest BCUT2D eigenvalue weighted by Crippen LogP contribution is -2.85. The summed E-state index contributed by atoms with van der Waals surface area (Å²) >= 11 is 0. The molecule has 1 heterocycles. The van der Waals surface area contributed by atoms with Gasteiger partial charge in [0.1, 0.15) is 6.04 Å². The van der Waals surface area contributed by atoms with Crippen LogP contribution in [-0.2, 0) is 6.42 Å². The first kappa shape index (κ1) is 18.1. The van der Waals surface area contributed by atoms with Gasteiger partial charge in [0.2, 0.25) is 0 Å². The van der Waals surface area contributed by atoms with Crippen molar-refractivity contribution in [1.82, 2.24) is 9.55 Å². The number of aromatic nitrogens is 2. The smallest absolute Gasteiger partial charge is 0.266 e. The second-order valence-corrected chi connectivity index (χ2v) is 7.01. The van der Waals surface area contributed by atoms with E-state index in [1.165, 1.54) is 5.56 Å². The van der Waals surface area contributed by atoms with E-state index in [1.807, 2.05) is 60.7 Å². The Morgan fingerprint density at radius 1 is 0.893 bits per heavy atom. The molecular weight excluding hydrogens is 346 g/mol. The van der Waals surface area contributed by atoms with Crippen molar-refractivity contribution in [3.8, 4) is 5.69 Å². The normalized spacial score (nSPS) is 12.2. The molecule has 0 bridgehead atoms. The first-order valence-electron chi connectivity index (χ1n) is 9.68. The van der Waals surface area contributed by atoms with Crippen LogP contribution in [0.25, 0.3) is 16.6 Å². The minimum atomic E-state index is -0.0184. The summed E-state index contributed by atoms with van der Waals surface area (Å²) in [5.74, 6) is 0.781. The fraction of sp³-hybridized carbons (Fsp3) is 0.167. The Morgan fingerprint density at radius 3 is 2.29 bits per heavy atom. The third kappa shape index (κ3) is 3.73. The largest absolute Gasteiger partial charge is 0.337 e. The molecule has 1 atom stereocenters. The summed E-state index contributed by atoms with van der Waals surface area (Å²) in [7, 11) is 0. The van der Waals surface area contributed by atoms with Gasteiger partial charge >= 0.3 is 0 Å². The van der Waals surface area contributed by atoms with E-state index in [4.69, 9.17) is 4.98 Å². The molecule has 0 aliphatic carbocycles. The number of fused-ring (bicyclic) bond motifs is 1. The van der Waals surface area contributed by atoms with Crippen LogP contribution >= 0.6 is 0 Å². The summed E-state index contributed by atoms with van der Waals surface area (Å²) in [4.78, 5) is 18.1. The van der Waals surface area contributed by atoms with Crippen LogP contribution in [0.15, 0.2) is 89.7 Å². The van der Waals surface area contributed by atoms with Gasteiger partial charge in [-0.1, -0.05) is 60.7 Å². The number of nitrogens with zero attached hydrogens (tertiary/aromatic N) is 2. The maximum atomic E-state index is 13.3. The van der Waals surface area contributed by atoms with Crippen molar-refractivity contribution in [1.29, 1.82) is 0 Å². The second-order valence-electron chi connectivity index (χ2n) is 7.01. The lowest BCUT2D eigenvalue weighted by molar-refractivity contribution is -0.693. The molecule has 2 N–H and O–H groups in total. The van der Waals surface area contributed by atoms with Crippen LogP contribution in [0.4, 0.5) is 0 Å². The summed E-state index contributed by atoms with van der Waals surface area (Å²) in [6, 6.07) is 27.8. The average Bonchev–Trinajstić information content (AvgIpc) is 2.75. The van der Waals surface area contributed by atoms with Crippen molar-refractivity contribution in [2.24, 2.45) is 0 Å². The van der Waals surface area contributed by atoms with Gasteiger partial charge in [0.25, 0.3) is 5.56 Å². The molecule has 3 aromatic carbocycles. The maximum absolute atomic E-state index is 13.3. The van der Waals surface area contributed by atoms with Crippen molar-refractivity contribution in [3.05, 3.63) is 107 Å². The molecule has 0 aliphatic rings. The standard InChI is InChI=1S/C24H23N3O/c1-18(25-17-16-19-10-4-2-5-11-19)23-26-22-15-9-8-14-21(22)24(28)27(23)20-12-6-3-7-13-20/h2-15,18,25H,16-17H2,1H3/p+1/t18-/m0/s1. The fourth-order valence-electron chi connectivity index (χ4n) is 3.53. The lowest BCUT2D eigenvalue weighted by atomic mass is 10.1. The van der Waals surface area contributed by atoms with Crippen LogP contribution in [0, 0.1) is 0 Å². The SMILES string of the molecule is C[C@H]([NH2+]CCc1ccccc1)c1nc2ccccc2c(=O)n1-c1ccccc1. The zero-order chi connectivity index (χ0) is 19.3. The van der Waals surface area contributed by atoms with E-state index in [9.17, 15) is 4.79 Å². The summed E-state index contributed by atoms with van der Waals surface area (Å²) in [5.41, 5.74) is 2.90. The highest BCUT2D eigenvalue weighted by Crippen LogP contribution is 2.16. The topological polar surface area (TPSA) is 51.5 Å². The van der Waals surface area contributed by atoms with Crippen molar-refractivity contribution < 1.29 is 5.32 Å². The Balaban J connectivity index is 1.69. The first-order chi connectivity index (χ1) is 13.7. The molecule has 0 aliphatic heterocycles. The fourth-order valence-corrected chi connectivity index (χ4v) is 3.53. The third-order valence-corrected chi connectivity index (χ3v) is 5.02. The molecule has 4 rings (SSSR count). The van der Waals surface area contributed by atoms with Crippen LogP contribution < -0.4 is 10.9 Å². The molecule has 4 nitrogen and oxygen atoms in total. The first-order valence-corrected chi connectivity index (χ1v) is 9.68. The number of quaternary nitrogens is 1. The van der Waals surface area contributed by atoms with E-state index in [1.54, 1.807) is 4.57 Å². The molecule has 0 spiro atoms. The van der Waals surface area contributed by atoms with Crippen LogP contribution in [-0.4, -0.2) is 16.1 Å². The molecule has 0 fully saturated rings. The number of benzene rings is 3. The summed E-state index contributed by atoms with van der Waals surface area (Å²) in [5, 5.41) is 2.90. The van der Waals surface area contributed by atoms with Gasteiger partial charge in [-0.15, -0.1) is 0 Å². The summed E-state index contributed by atoms with van der Waals surface area (Å²) < 4.78 is 1.76. The quantitative estimate of drug-likeness (QED) is 0.566. The Morgan fingerprint density at radius 2 is 1.54 bits per heavy atom. The Kier molecular flexibility index (Phi) is 5.31. The average molecular weight is 370 g/mol. The predicted octanol–water partition coefficient (Wildman–Crippen LogP) is 3.25. The van der Waals surface area contributed by atoms with E-state index >= 15 is 0 Å². The number of rotatable bonds is 6. The van der Waals surface area contributed by atoms with Crippen molar-refractivity contribution in [3.63, 3.8) is 0 Å². The van der Waals surface area contributed by atoms with Crippen LogP contribution in [0.2, 0.25) is 0 Å². The van der Waals surface area contributed by atoms with Gasteiger partial charge in [-0.25, -0.2) is 4.98 Å². The van der Waals surface area contributed by atoms with Gasteiger partial charge in [-0.05, 0) is 36.8 Å². The summed E-state index contributed by atoms with van der Waals surface area (Å²) in [6.45, 7) is 3.05. The maximum Gasteiger partial charge on any atom is 0.266 e. The summed E-state index contributed by atoms with van der Waals surface area (Å²) in [6.07, 6.45) is 0.980. The van der Waals surface area contributed by atoms with Crippen LogP contribution in [0.5, 0.6) is 0 Å². The third-order valence-electron chi connectivity index (χ3n) is 5.02. The number of hydrogen-bond acceptors (Lipinski definition) is 2. The van der Waals surface area contributed by atoms with E-state index < -0.39 is 0 Å². The molecule has 0 unspecified atom stereocenters. The van der Waals surface area contributed by atoms with Crippen LogP contribution in [0.3, 0.4) is 0 Å². The molecule has 0 saturated heterocycles. The van der Waals surface area contributed by atoms with Crippen molar-refractivity contribution in [2.45, 2.75) is 19.4 Å². The van der Waals surface area contributed by atoms with Crippen molar-refractivity contribution in [2.75, 3.05) is 6.54 Å². The highest BCUT2D eigenvalue weighted by atomic mass is 16.1. The molecular formula is C24H24N3O+. The number of para-hydroxylation sites is 2. The van der Waals surface area contributed by atoms with Gasteiger partial charge in [0.05, 0.1) is 23.1 Å². The molecule has 4 heteroatoms. The van der Waals surface area contributed by atoms with Crippen molar-refractivity contribution >= 4 is 10.9 Å². The van der Waals surface area contributed by atoms with Gasteiger partial charge in [-0.3, -0.25) is 9.36 Å². The van der Waals surface area contributed by atoms with E-state index in [2.05, 4.69) is 36.5 Å². The highest BCUT2D eigenvalue weighted by molar-refractivity contribution is 5.77. The van der Waals surface area contributed by atoms with Gasteiger partial charge in [-0.2, -0.15) is 0 Å². The minimum absolute atomic E-state index is 0.0184. The molecule has 0 radical (unpaired) electrons. The Labute approximate surface area is 164 Å². The molecule has 28 heavy (non-hydrogen) atoms. The second kappa shape index (κ2) is 8.19.